The van der Waals surface area contributed by atoms with Crippen LogP contribution in [0, 0.1) is 0 Å². The summed E-state index contributed by atoms with van der Waals surface area (Å²) in [4.78, 5) is 19.4. The first-order valence-electron chi connectivity index (χ1n) is 7.81. The van der Waals surface area contributed by atoms with E-state index in [-0.39, 0.29) is 0 Å². The highest BCUT2D eigenvalue weighted by atomic mass is 16.1. The fourth-order valence-electron chi connectivity index (χ4n) is 3.23. The highest BCUT2D eigenvalue weighted by molar-refractivity contribution is 6.00. The standard InChI is InChI=1S/C11H8N2.C9H8O/c1-2-4-10-8(3-1)5-9-6-12-7-13-11(9)10;10-9-6-5-7-3-1-2-4-8(7)9/h1-4,6-7H,5H2;1-4H,5-6H2. The molecule has 0 spiro atoms. The zero-order chi connectivity index (χ0) is 15.6. The van der Waals surface area contributed by atoms with Crippen molar-refractivity contribution in [1.82, 2.24) is 9.97 Å². The summed E-state index contributed by atoms with van der Waals surface area (Å²) in [5, 5.41) is 0. The van der Waals surface area contributed by atoms with Crippen LogP contribution in [0.15, 0.2) is 61.1 Å². The van der Waals surface area contributed by atoms with E-state index in [0.29, 0.717) is 12.2 Å². The molecule has 0 unspecified atom stereocenters. The minimum Gasteiger partial charge on any atom is -0.294 e. The molecule has 0 saturated carbocycles. The zero-order valence-corrected chi connectivity index (χ0v) is 12.7. The summed E-state index contributed by atoms with van der Waals surface area (Å²) in [5.41, 5.74) is 7.11. The van der Waals surface area contributed by atoms with E-state index >= 15 is 0 Å². The molecule has 0 saturated heterocycles. The second-order valence-corrected chi connectivity index (χ2v) is 5.81. The van der Waals surface area contributed by atoms with E-state index in [4.69, 9.17) is 0 Å². The normalized spacial score (nSPS) is 13.7. The van der Waals surface area contributed by atoms with Crippen LogP contribution in [-0.4, -0.2) is 15.8 Å². The molecule has 0 aliphatic heterocycles. The van der Waals surface area contributed by atoms with Gasteiger partial charge in [0.05, 0.1) is 5.69 Å². The largest absolute Gasteiger partial charge is 0.294 e. The van der Waals surface area contributed by atoms with Crippen molar-refractivity contribution in [1.29, 1.82) is 0 Å². The van der Waals surface area contributed by atoms with Gasteiger partial charge in [0.15, 0.2) is 5.78 Å². The number of benzene rings is 2. The number of aryl methyl sites for hydroxylation is 1. The minimum absolute atomic E-state index is 0.301. The first-order valence-corrected chi connectivity index (χ1v) is 7.81. The lowest BCUT2D eigenvalue weighted by Crippen LogP contribution is -1.88. The maximum absolute atomic E-state index is 11.1. The lowest BCUT2D eigenvalue weighted by atomic mass is 10.1. The number of carbonyl (C=O) groups excluding carboxylic acids is 1. The Morgan fingerprint density at radius 2 is 1.52 bits per heavy atom. The lowest BCUT2D eigenvalue weighted by Gasteiger charge is -1.96. The molecule has 3 heteroatoms. The minimum atomic E-state index is 0.301. The molecule has 3 nitrogen and oxygen atoms in total. The first kappa shape index (κ1) is 13.8. The molecule has 5 rings (SSSR count). The van der Waals surface area contributed by atoms with Gasteiger partial charge in [0, 0.05) is 35.7 Å². The van der Waals surface area contributed by atoms with E-state index in [0.717, 1.165) is 24.1 Å². The third kappa shape index (κ3) is 2.55. The van der Waals surface area contributed by atoms with Crippen molar-refractivity contribution in [3.8, 4) is 11.3 Å². The van der Waals surface area contributed by atoms with E-state index in [1.54, 1.807) is 6.33 Å². The van der Waals surface area contributed by atoms with Gasteiger partial charge in [-0.3, -0.25) is 4.79 Å². The summed E-state index contributed by atoms with van der Waals surface area (Å²) >= 11 is 0. The Hall–Kier alpha value is -2.81. The second-order valence-electron chi connectivity index (χ2n) is 5.81. The van der Waals surface area contributed by atoms with Crippen LogP contribution < -0.4 is 0 Å². The molecule has 2 aromatic carbocycles. The Balaban J connectivity index is 0.000000122. The SMILES string of the molecule is O=C1CCc2ccccc21.c1ccc2c(c1)Cc1cncnc1-2. The molecule has 112 valence electrons. The summed E-state index contributed by atoms with van der Waals surface area (Å²) in [6.07, 6.45) is 6.14. The Morgan fingerprint density at radius 3 is 2.35 bits per heavy atom. The predicted octanol–water partition coefficient (Wildman–Crippen LogP) is 3.86. The quantitative estimate of drug-likeness (QED) is 0.495. The highest BCUT2D eigenvalue weighted by Crippen LogP contribution is 2.33. The zero-order valence-electron chi connectivity index (χ0n) is 12.7. The summed E-state index contributed by atoms with van der Waals surface area (Å²) in [6.45, 7) is 0. The van der Waals surface area contributed by atoms with Gasteiger partial charge in [0.1, 0.15) is 6.33 Å². The third-order valence-electron chi connectivity index (χ3n) is 4.38. The fraction of sp³-hybridized carbons (Fsp3) is 0.150. The van der Waals surface area contributed by atoms with Crippen LogP contribution in [0.5, 0.6) is 0 Å². The van der Waals surface area contributed by atoms with Crippen molar-refractivity contribution in [3.63, 3.8) is 0 Å². The molecular formula is C20H16N2O. The van der Waals surface area contributed by atoms with Crippen LogP contribution in [0.2, 0.25) is 0 Å². The lowest BCUT2D eigenvalue weighted by molar-refractivity contribution is 0.0994. The van der Waals surface area contributed by atoms with Gasteiger partial charge in [0.2, 0.25) is 0 Å². The molecule has 1 heterocycles. The number of hydrogen-bond donors (Lipinski definition) is 0. The van der Waals surface area contributed by atoms with Crippen LogP contribution in [0.4, 0.5) is 0 Å². The van der Waals surface area contributed by atoms with Crippen molar-refractivity contribution in [3.05, 3.63) is 83.3 Å². The van der Waals surface area contributed by atoms with E-state index in [2.05, 4.69) is 34.2 Å². The number of ketones is 1. The highest BCUT2D eigenvalue weighted by Gasteiger charge is 2.18. The number of aromatic nitrogens is 2. The maximum Gasteiger partial charge on any atom is 0.163 e. The molecule has 0 fully saturated rings. The molecule has 2 aliphatic carbocycles. The van der Waals surface area contributed by atoms with Crippen LogP contribution >= 0.6 is 0 Å². The van der Waals surface area contributed by atoms with Gasteiger partial charge in [-0.2, -0.15) is 0 Å². The van der Waals surface area contributed by atoms with Crippen LogP contribution in [-0.2, 0) is 12.8 Å². The van der Waals surface area contributed by atoms with Crippen molar-refractivity contribution in [2.24, 2.45) is 0 Å². The molecular weight excluding hydrogens is 284 g/mol. The third-order valence-corrected chi connectivity index (χ3v) is 4.38. The van der Waals surface area contributed by atoms with Crippen molar-refractivity contribution < 1.29 is 4.79 Å². The Bertz CT molecular complexity index is 843. The van der Waals surface area contributed by atoms with E-state index in [1.807, 2.05) is 30.5 Å². The molecule has 0 bridgehead atoms. The molecule has 1 aromatic heterocycles. The van der Waals surface area contributed by atoms with Gasteiger partial charge in [-0.05, 0) is 17.5 Å². The van der Waals surface area contributed by atoms with Crippen LogP contribution in [0.3, 0.4) is 0 Å². The average molecular weight is 300 g/mol. The van der Waals surface area contributed by atoms with Crippen LogP contribution in [0.1, 0.15) is 33.5 Å². The monoisotopic (exact) mass is 300 g/mol. The smallest absolute Gasteiger partial charge is 0.163 e. The number of nitrogens with zero attached hydrogens (tertiary/aromatic N) is 2. The Morgan fingerprint density at radius 1 is 0.783 bits per heavy atom. The average Bonchev–Trinajstić information content (AvgIpc) is 3.17. The topological polar surface area (TPSA) is 42.9 Å². The van der Waals surface area contributed by atoms with Crippen molar-refractivity contribution in [2.45, 2.75) is 19.3 Å². The van der Waals surface area contributed by atoms with Gasteiger partial charge in [-0.15, -0.1) is 0 Å². The first-order chi connectivity index (χ1) is 11.3. The van der Waals surface area contributed by atoms with Gasteiger partial charge in [-0.25, -0.2) is 9.97 Å². The summed E-state index contributed by atoms with van der Waals surface area (Å²) in [6, 6.07) is 16.2. The number of hydrogen-bond acceptors (Lipinski definition) is 3. The molecule has 23 heavy (non-hydrogen) atoms. The molecule has 3 aromatic rings. The molecule has 0 amide bonds. The van der Waals surface area contributed by atoms with Gasteiger partial charge in [-0.1, -0.05) is 48.5 Å². The predicted molar refractivity (Wildman–Crippen MR) is 89.4 cm³/mol. The Labute approximate surface area is 135 Å². The van der Waals surface area contributed by atoms with Crippen LogP contribution in [0.25, 0.3) is 11.3 Å². The van der Waals surface area contributed by atoms with E-state index < -0.39 is 0 Å². The molecule has 0 atom stereocenters. The number of rotatable bonds is 0. The van der Waals surface area contributed by atoms with Crippen molar-refractivity contribution >= 4 is 5.78 Å². The molecule has 2 aliphatic rings. The number of carbonyl (C=O) groups is 1. The van der Waals surface area contributed by atoms with E-state index in [1.165, 1.54) is 22.3 Å². The molecule has 0 N–H and O–H groups in total. The molecule has 0 radical (unpaired) electrons. The van der Waals surface area contributed by atoms with Gasteiger partial charge >= 0.3 is 0 Å². The second kappa shape index (κ2) is 5.76. The van der Waals surface area contributed by atoms with Crippen molar-refractivity contribution in [2.75, 3.05) is 0 Å². The van der Waals surface area contributed by atoms with Gasteiger partial charge < -0.3 is 0 Å². The van der Waals surface area contributed by atoms with Gasteiger partial charge in [0.25, 0.3) is 0 Å². The number of Topliss-reactive ketones (excluding diaryl/α,β-unsaturated/α-hetero) is 1. The van der Waals surface area contributed by atoms with E-state index in [9.17, 15) is 4.79 Å². The fourth-order valence-corrected chi connectivity index (χ4v) is 3.23. The summed E-state index contributed by atoms with van der Waals surface area (Å²) in [7, 11) is 0. The number of fused-ring (bicyclic) bond motifs is 4. The summed E-state index contributed by atoms with van der Waals surface area (Å²) < 4.78 is 0. The summed E-state index contributed by atoms with van der Waals surface area (Å²) in [5.74, 6) is 0.301. The maximum atomic E-state index is 11.1. The Kier molecular flexibility index (Phi) is 3.46.